The minimum atomic E-state index is -1.55. The van der Waals surface area contributed by atoms with Crippen LogP contribution in [0.1, 0.15) is 26.5 Å². The van der Waals surface area contributed by atoms with E-state index in [-0.39, 0.29) is 12.5 Å². The van der Waals surface area contributed by atoms with E-state index in [2.05, 4.69) is 5.32 Å². The number of nitrogens with one attached hydrogen (secondary N) is 1. The number of amides is 1. The van der Waals surface area contributed by atoms with Crippen molar-refractivity contribution < 1.29 is 19.8 Å². The van der Waals surface area contributed by atoms with Gasteiger partial charge in [-0.15, -0.1) is 11.3 Å². The summed E-state index contributed by atoms with van der Waals surface area (Å²) in [5.74, 6) is -1.65. The van der Waals surface area contributed by atoms with Crippen LogP contribution in [0.3, 0.4) is 0 Å². The molecule has 5 nitrogen and oxygen atoms in total. The van der Waals surface area contributed by atoms with Crippen LogP contribution in [-0.2, 0) is 17.6 Å². The Balaban J connectivity index is 1.93. The molecule has 0 spiro atoms. The minimum absolute atomic E-state index is 0.267. The molecule has 0 radical (unpaired) electrons. The second-order valence-electron chi connectivity index (χ2n) is 3.98. The van der Waals surface area contributed by atoms with E-state index in [4.69, 9.17) is 10.2 Å². The zero-order valence-electron chi connectivity index (χ0n) is 9.10. The maximum Gasteiger partial charge on any atom is 0.334 e. The van der Waals surface area contributed by atoms with Gasteiger partial charge in [-0.3, -0.25) is 4.79 Å². The van der Waals surface area contributed by atoms with Gasteiger partial charge in [0.05, 0.1) is 11.4 Å². The molecule has 0 fully saturated rings. The number of fused-ring (bicyclic) bond motifs is 1. The van der Waals surface area contributed by atoms with E-state index < -0.39 is 12.1 Å². The Hall–Kier alpha value is -1.40. The maximum absolute atomic E-state index is 11.7. The molecule has 1 aliphatic carbocycles. The summed E-state index contributed by atoms with van der Waals surface area (Å²) < 4.78 is 0. The summed E-state index contributed by atoms with van der Waals surface area (Å²) in [5.41, 5.74) is 1.22. The lowest BCUT2D eigenvalue weighted by Crippen LogP contribution is -2.36. The highest BCUT2D eigenvalue weighted by molar-refractivity contribution is 7.14. The average Bonchev–Trinajstić information content (AvgIpc) is 2.84. The standard InChI is InChI=1S/C11H13NO4S/c13-7(11(15)16)5-12-10(14)9-4-6-2-1-3-8(6)17-9/h4,7,13H,1-3,5H2,(H,12,14)(H,15,16)/t7-/m0/s1. The van der Waals surface area contributed by atoms with Crippen LogP contribution >= 0.6 is 11.3 Å². The second kappa shape index (κ2) is 4.85. The molecule has 2 rings (SSSR count). The fourth-order valence-corrected chi connectivity index (χ4v) is 2.97. The Kier molecular flexibility index (Phi) is 3.44. The third kappa shape index (κ3) is 2.65. The smallest absolute Gasteiger partial charge is 0.334 e. The predicted molar refractivity (Wildman–Crippen MR) is 62.3 cm³/mol. The molecule has 17 heavy (non-hydrogen) atoms. The summed E-state index contributed by atoms with van der Waals surface area (Å²) in [4.78, 5) is 23.9. The van der Waals surface area contributed by atoms with Crippen LogP contribution in [0, 0.1) is 0 Å². The number of carbonyl (C=O) groups excluding carboxylic acids is 1. The number of carboxylic acids is 1. The van der Waals surface area contributed by atoms with Crippen molar-refractivity contribution in [1.29, 1.82) is 0 Å². The van der Waals surface area contributed by atoms with Gasteiger partial charge < -0.3 is 15.5 Å². The molecule has 92 valence electrons. The van der Waals surface area contributed by atoms with Crippen molar-refractivity contribution >= 4 is 23.2 Å². The van der Waals surface area contributed by atoms with E-state index >= 15 is 0 Å². The molecule has 0 saturated heterocycles. The highest BCUT2D eigenvalue weighted by atomic mass is 32.1. The maximum atomic E-state index is 11.7. The summed E-state index contributed by atoms with van der Waals surface area (Å²) in [7, 11) is 0. The monoisotopic (exact) mass is 255 g/mol. The average molecular weight is 255 g/mol. The molecule has 1 heterocycles. The van der Waals surface area contributed by atoms with Gasteiger partial charge in [0.1, 0.15) is 0 Å². The third-order valence-corrected chi connectivity index (χ3v) is 3.95. The van der Waals surface area contributed by atoms with Crippen LogP contribution in [0.15, 0.2) is 6.07 Å². The summed E-state index contributed by atoms with van der Waals surface area (Å²) in [6, 6.07) is 1.86. The number of hydrogen-bond acceptors (Lipinski definition) is 4. The van der Waals surface area contributed by atoms with Crippen LogP contribution in [-0.4, -0.2) is 34.7 Å². The molecule has 0 unspecified atom stereocenters. The van der Waals surface area contributed by atoms with Crippen molar-refractivity contribution in [3.63, 3.8) is 0 Å². The first-order valence-corrected chi connectivity index (χ1v) is 6.20. The number of rotatable bonds is 4. The molecule has 1 aromatic heterocycles. The zero-order chi connectivity index (χ0) is 12.4. The SMILES string of the molecule is O=C(NC[C@H](O)C(=O)O)c1cc2c(s1)CCC2. The van der Waals surface area contributed by atoms with Crippen molar-refractivity contribution in [1.82, 2.24) is 5.32 Å². The normalized spacial score (nSPS) is 15.4. The first-order valence-electron chi connectivity index (χ1n) is 5.38. The lowest BCUT2D eigenvalue weighted by molar-refractivity contribution is -0.146. The Morgan fingerprint density at radius 3 is 2.88 bits per heavy atom. The molecule has 1 aliphatic rings. The fourth-order valence-electron chi connectivity index (χ4n) is 1.80. The third-order valence-electron chi connectivity index (χ3n) is 2.71. The van der Waals surface area contributed by atoms with Gasteiger partial charge in [-0.25, -0.2) is 4.79 Å². The summed E-state index contributed by atoms with van der Waals surface area (Å²) >= 11 is 1.45. The molecule has 0 aromatic carbocycles. The highest BCUT2D eigenvalue weighted by Crippen LogP contribution is 2.30. The van der Waals surface area contributed by atoms with Crippen molar-refractivity contribution in [2.75, 3.05) is 6.54 Å². The number of hydrogen-bond donors (Lipinski definition) is 3. The number of carboxylic acid groups (broad SMARTS) is 1. The fraction of sp³-hybridized carbons (Fsp3) is 0.455. The quantitative estimate of drug-likeness (QED) is 0.727. The number of aliphatic carboxylic acids is 1. The van der Waals surface area contributed by atoms with E-state index in [0.717, 1.165) is 19.3 Å². The first-order chi connectivity index (χ1) is 8.08. The van der Waals surface area contributed by atoms with Crippen LogP contribution in [0.5, 0.6) is 0 Å². The molecule has 0 aliphatic heterocycles. The highest BCUT2D eigenvalue weighted by Gasteiger charge is 2.20. The van der Waals surface area contributed by atoms with Gasteiger partial charge in [0, 0.05) is 4.88 Å². The number of aliphatic hydroxyl groups is 1. The first kappa shape index (κ1) is 12.1. The largest absolute Gasteiger partial charge is 0.479 e. The topological polar surface area (TPSA) is 86.6 Å². The van der Waals surface area contributed by atoms with Crippen LogP contribution < -0.4 is 5.32 Å². The minimum Gasteiger partial charge on any atom is -0.479 e. The number of aliphatic hydroxyl groups excluding tert-OH is 1. The van der Waals surface area contributed by atoms with E-state index in [9.17, 15) is 9.59 Å². The van der Waals surface area contributed by atoms with Gasteiger partial charge in [-0.2, -0.15) is 0 Å². The Bertz CT molecular complexity index is 433. The van der Waals surface area contributed by atoms with Crippen molar-refractivity contribution in [2.24, 2.45) is 0 Å². The Labute approximate surface area is 102 Å². The molecule has 0 bridgehead atoms. The van der Waals surface area contributed by atoms with Crippen LogP contribution in [0.25, 0.3) is 0 Å². The number of aryl methyl sites for hydroxylation is 2. The second-order valence-corrected chi connectivity index (χ2v) is 5.11. The summed E-state index contributed by atoms with van der Waals surface area (Å²) in [6.07, 6.45) is 1.62. The predicted octanol–water partition coefficient (Wildman–Crippen LogP) is 0.412. The van der Waals surface area contributed by atoms with E-state index in [1.165, 1.54) is 21.8 Å². The zero-order valence-corrected chi connectivity index (χ0v) is 9.92. The van der Waals surface area contributed by atoms with E-state index in [0.29, 0.717) is 4.88 Å². The van der Waals surface area contributed by atoms with Gasteiger partial charge in [0.2, 0.25) is 0 Å². The molecule has 3 N–H and O–H groups in total. The van der Waals surface area contributed by atoms with Crippen molar-refractivity contribution in [2.45, 2.75) is 25.4 Å². The number of carbonyl (C=O) groups is 2. The van der Waals surface area contributed by atoms with Crippen LogP contribution in [0.2, 0.25) is 0 Å². The summed E-state index contributed by atoms with van der Waals surface area (Å²) in [5, 5.41) is 19.9. The molecule has 1 atom stereocenters. The molecule has 6 heteroatoms. The lowest BCUT2D eigenvalue weighted by Gasteiger charge is -2.06. The molecule has 1 aromatic rings. The molecular formula is C11H13NO4S. The summed E-state index contributed by atoms with van der Waals surface area (Å²) in [6.45, 7) is -0.267. The van der Waals surface area contributed by atoms with Gasteiger partial charge >= 0.3 is 5.97 Å². The molecule has 0 saturated carbocycles. The van der Waals surface area contributed by atoms with E-state index in [1.807, 2.05) is 6.07 Å². The molecule has 1 amide bonds. The Morgan fingerprint density at radius 1 is 1.47 bits per heavy atom. The van der Waals surface area contributed by atoms with E-state index in [1.54, 1.807) is 0 Å². The van der Waals surface area contributed by atoms with Crippen molar-refractivity contribution in [3.05, 3.63) is 21.4 Å². The van der Waals surface area contributed by atoms with Crippen LogP contribution in [0.4, 0.5) is 0 Å². The van der Waals surface area contributed by atoms with Gasteiger partial charge in [0.25, 0.3) is 5.91 Å². The van der Waals surface area contributed by atoms with Gasteiger partial charge in [-0.05, 0) is 30.9 Å². The lowest BCUT2D eigenvalue weighted by atomic mass is 10.2. The Morgan fingerprint density at radius 2 is 2.24 bits per heavy atom. The van der Waals surface area contributed by atoms with Gasteiger partial charge in [0.15, 0.2) is 6.10 Å². The number of thiophene rings is 1. The van der Waals surface area contributed by atoms with Gasteiger partial charge in [-0.1, -0.05) is 0 Å². The molecular weight excluding hydrogens is 242 g/mol. The van der Waals surface area contributed by atoms with Crippen molar-refractivity contribution in [3.8, 4) is 0 Å².